The number of aromatic nitrogens is 2. The van der Waals surface area contributed by atoms with Gasteiger partial charge in [-0.1, -0.05) is 5.16 Å². The van der Waals surface area contributed by atoms with Crippen molar-refractivity contribution in [2.24, 2.45) is 0 Å². The van der Waals surface area contributed by atoms with E-state index in [4.69, 9.17) is 13.8 Å². The van der Waals surface area contributed by atoms with Gasteiger partial charge in [-0.3, -0.25) is 4.55 Å². The first-order valence-electron chi connectivity index (χ1n) is 7.07. The average molecular weight is 385 g/mol. The van der Waals surface area contributed by atoms with E-state index in [1.807, 2.05) is 0 Å². The molecule has 1 aromatic heterocycles. The molecule has 1 N–H and O–H groups in total. The number of hydroxylamine groups is 2. The SMILES string of the molecule is CCOC(=O)c1nc([C@@H]2CC[C@@H]3CN2C(=O)N3OS(=O)(=O)O)no1.[Na]. The summed E-state index contributed by atoms with van der Waals surface area (Å²) in [7, 11) is -4.81. The Bertz CT molecular complexity index is 768. The number of piperidine rings is 1. The Morgan fingerprint density at radius 3 is 2.80 bits per heavy atom. The van der Waals surface area contributed by atoms with Crippen molar-refractivity contribution in [2.75, 3.05) is 13.2 Å². The number of rotatable bonds is 5. The van der Waals surface area contributed by atoms with Crippen LogP contribution >= 0.6 is 0 Å². The number of amides is 2. The normalized spacial score (nSPS) is 22.7. The molecule has 0 aliphatic carbocycles. The minimum Gasteiger partial charge on any atom is -0.459 e. The molecule has 133 valence electrons. The van der Waals surface area contributed by atoms with Gasteiger partial charge in [-0.25, -0.2) is 9.59 Å². The van der Waals surface area contributed by atoms with Gasteiger partial charge in [0.2, 0.25) is 0 Å². The van der Waals surface area contributed by atoms with Crippen LogP contribution in [0.4, 0.5) is 4.79 Å². The minimum absolute atomic E-state index is 0. The molecule has 3 rings (SSSR count). The molecule has 25 heavy (non-hydrogen) atoms. The molecule has 3 heterocycles. The third-order valence-electron chi connectivity index (χ3n) is 3.69. The number of hydrogen-bond donors (Lipinski definition) is 1. The van der Waals surface area contributed by atoms with E-state index < -0.39 is 34.5 Å². The van der Waals surface area contributed by atoms with E-state index in [2.05, 4.69) is 14.4 Å². The molecule has 2 fully saturated rings. The zero-order valence-corrected chi connectivity index (χ0v) is 16.3. The largest absolute Gasteiger partial charge is 0.459 e. The predicted molar refractivity (Wildman–Crippen MR) is 78.3 cm³/mol. The molecule has 2 saturated heterocycles. The maximum absolute atomic E-state index is 12.3. The van der Waals surface area contributed by atoms with E-state index in [9.17, 15) is 18.0 Å². The minimum atomic E-state index is -4.81. The van der Waals surface area contributed by atoms with E-state index in [0.29, 0.717) is 17.9 Å². The fourth-order valence-corrected chi connectivity index (χ4v) is 3.13. The van der Waals surface area contributed by atoms with Gasteiger partial charge in [0, 0.05) is 36.1 Å². The van der Waals surface area contributed by atoms with Crippen molar-refractivity contribution in [1.29, 1.82) is 0 Å². The molecule has 0 spiro atoms. The maximum atomic E-state index is 12.3. The summed E-state index contributed by atoms with van der Waals surface area (Å²) < 4.78 is 44.3. The average Bonchev–Trinajstić information content (AvgIpc) is 3.08. The van der Waals surface area contributed by atoms with E-state index in [1.165, 1.54) is 4.90 Å². The van der Waals surface area contributed by atoms with Gasteiger partial charge in [0.1, 0.15) is 0 Å². The maximum Gasteiger partial charge on any atom is 0.418 e. The first kappa shape index (κ1) is 20.1. The van der Waals surface area contributed by atoms with Gasteiger partial charge in [-0.15, -0.1) is 4.28 Å². The first-order valence-corrected chi connectivity index (χ1v) is 8.44. The molecule has 1 aromatic rings. The second kappa shape index (κ2) is 7.55. The first-order chi connectivity index (χ1) is 11.3. The molecule has 2 aliphatic heterocycles. The standard InChI is InChI=1S/C11H14N4O8S.Na/c1-2-21-10(16)9-12-8(13-22-9)7-4-3-6-5-14(7)11(17)15(6)23-24(18,19)20;/h6-7H,2-5H2,1H3,(H,18,19,20);/t6-,7+;/m1./s1. The number of urea groups is 1. The van der Waals surface area contributed by atoms with Crippen LogP contribution in [0.15, 0.2) is 4.52 Å². The van der Waals surface area contributed by atoms with Crippen LogP contribution < -0.4 is 0 Å². The van der Waals surface area contributed by atoms with Gasteiger partial charge in [0.25, 0.3) is 0 Å². The van der Waals surface area contributed by atoms with Crippen molar-refractivity contribution in [1.82, 2.24) is 20.1 Å². The summed E-state index contributed by atoms with van der Waals surface area (Å²) in [5.74, 6) is -0.987. The van der Waals surface area contributed by atoms with E-state index in [-0.39, 0.29) is 54.4 Å². The molecule has 2 bridgehead atoms. The van der Waals surface area contributed by atoms with Crippen LogP contribution in [-0.4, -0.2) is 93.8 Å². The molecule has 1 radical (unpaired) electrons. The summed E-state index contributed by atoms with van der Waals surface area (Å²) in [5, 5.41) is 4.30. The van der Waals surface area contributed by atoms with Crippen LogP contribution in [0, 0.1) is 0 Å². The molecule has 14 heteroatoms. The third kappa shape index (κ3) is 4.12. The van der Waals surface area contributed by atoms with Crippen molar-refractivity contribution < 1.29 is 36.1 Å². The van der Waals surface area contributed by atoms with Crippen molar-refractivity contribution in [3.05, 3.63) is 11.7 Å². The Hall–Kier alpha value is -1.25. The van der Waals surface area contributed by atoms with Crippen molar-refractivity contribution in [3.8, 4) is 0 Å². The van der Waals surface area contributed by atoms with Crippen LogP contribution in [0.5, 0.6) is 0 Å². The summed E-state index contributed by atoms with van der Waals surface area (Å²) >= 11 is 0. The number of carbonyl (C=O) groups is 2. The second-order valence-electron chi connectivity index (χ2n) is 5.19. The number of fused-ring (bicyclic) bond motifs is 2. The van der Waals surface area contributed by atoms with Crippen LogP contribution in [0.25, 0.3) is 0 Å². The summed E-state index contributed by atoms with van der Waals surface area (Å²) in [6.45, 7) is 1.94. The topological polar surface area (TPSA) is 152 Å². The Balaban J connectivity index is 0.00000225. The Labute approximate surface area is 164 Å². The molecule has 2 amide bonds. The van der Waals surface area contributed by atoms with Crippen molar-refractivity contribution >= 4 is 52.0 Å². The van der Waals surface area contributed by atoms with E-state index in [1.54, 1.807) is 6.92 Å². The predicted octanol–water partition coefficient (Wildman–Crippen LogP) is -0.459. The molecular weight excluding hydrogens is 371 g/mol. The number of ether oxygens (including phenoxy) is 1. The van der Waals surface area contributed by atoms with Gasteiger partial charge in [0.05, 0.1) is 18.7 Å². The summed E-state index contributed by atoms with van der Waals surface area (Å²) in [4.78, 5) is 29.0. The Morgan fingerprint density at radius 2 is 2.16 bits per heavy atom. The fourth-order valence-electron chi connectivity index (χ4n) is 2.75. The molecule has 2 aliphatic rings. The van der Waals surface area contributed by atoms with Crippen LogP contribution in [0.3, 0.4) is 0 Å². The summed E-state index contributed by atoms with van der Waals surface area (Å²) in [5.41, 5.74) is 0. The summed E-state index contributed by atoms with van der Waals surface area (Å²) in [6.07, 6.45) is 0.801. The third-order valence-corrected chi connectivity index (χ3v) is 4.04. The van der Waals surface area contributed by atoms with E-state index >= 15 is 0 Å². The molecule has 0 aromatic carbocycles. The van der Waals surface area contributed by atoms with Gasteiger partial charge in [-0.05, 0) is 19.8 Å². The number of hydrogen-bond acceptors (Lipinski definition) is 9. The molecular formula is C11H14N4NaO8S. The van der Waals surface area contributed by atoms with Gasteiger partial charge < -0.3 is 14.2 Å². The van der Waals surface area contributed by atoms with Crippen LogP contribution in [0.2, 0.25) is 0 Å². The van der Waals surface area contributed by atoms with Crippen LogP contribution in [0.1, 0.15) is 42.3 Å². The number of carbonyl (C=O) groups excluding carboxylic acids is 2. The molecule has 0 saturated carbocycles. The Morgan fingerprint density at radius 1 is 1.44 bits per heavy atom. The van der Waals surface area contributed by atoms with E-state index in [0.717, 1.165) is 0 Å². The number of nitrogens with zero attached hydrogens (tertiary/aromatic N) is 4. The quantitative estimate of drug-likeness (QED) is 0.400. The monoisotopic (exact) mass is 385 g/mol. The van der Waals surface area contributed by atoms with Gasteiger partial charge in [-0.2, -0.15) is 18.5 Å². The van der Waals surface area contributed by atoms with Gasteiger partial charge >= 0.3 is 28.3 Å². The summed E-state index contributed by atoms with van der Waals surface area (Å²) in [6, 6.07) is -1.87. The zero-order chi connectivity index (χ0) is 17.5. The molecule has 2 atom stereocenters. The smallest absolute Gasteiger partial charge is 0.418 e. The zero-order valence-electron chi connectivity index (χ0n) is 13.5. The second-order valence-corrected chi connectivity index (χ2v) is 6.19. The van der Waals surface area contributed by atoms with Crippen LogP contribution in [-0.2, 0) is 19.4 Å². The Kier molecular flexibility index (Phi) is 6.06. The van der Waals surface area contributed by atoms with Gasteiger partial charge in [0.15, 0.2) is 5.82 Å². The van der Waals surface area contributed by atoms with Crippen molar-refractivity contribution in [2.45, 2.75) is 31.8 Å². The molecule has 12 nitrogen and oxygen atoms in total. The van der Waals surface area contributed by atoms with Crippen molar-refractivity contribution in [3.63, 3.8) is 0 Å². The number of esters is 1. The molecule has 0 unspecified atom stereocenters. The fraction of sp³-hybridized carbons (Fsp3) is 0.636.